The van der Waals surface area contributed by atoms with Crippen molar-refractivity contribution < 1.29 is 4.79 Å². The van der Waals surface area contributed by atoms with Gasteiger partial charge in [-0.15, -0.1) is 5.10 Å². The average molecular weight is 347 g/mol. The van der Waals surface area contributed by atoms with E-state index in [9.17, 15) is 4.79 Å². The lowest BCUT2D eigenvalue weighted by molar-refractivity contribution is 0.0967. The highest BCUT2D eigenvalue weighted by molar-refractivity contribution is 5.97. The van der Waals surface area contributed by atoms with Crippen molar-refractivity contribution in [3.05, 3.63) is 65.0 Å². The maximum absolute atomic E-state index is 12.7. The highest BCUT2D eigenvalue weighted by Crippen LogP contribution is 2.23. The lowest BCUT2D eigenvalue weighted by Crippen LogP contribution is -2.12. The van der Waals surface area contributed by atoms with E-state index in [1.165, 1.54) is 16.6 Å². The van der Waals surface area contributed by atoms with Crippen molar-refractivity contribution in [1.82, 2.24) is 19.3 Å². The minimum Gasteiger partial charge on any atom is -0.318 e. The summed E-state index contributed by atoms with van der Waals surface area (Å²) in [4.78, 5) is 16.5. The Hall–Kier alpha value is -3.20. The summed E-state index contributed by atoms with van der Waals surface area (Å²) >= 11 is 0. The Morgan fingerprint density at radius 3 is 2.50 bits per heavy atom. The number of aryl methyl sites for hydroxylation is 1. The zero-order chi connectivity index (χ0) is 18.8. The molecule has 0 aliphatic rings. The molecule has 0 amide bonds. The molecule has 2 heterocycles. The summed E-state index contributed by atoms with van der Waals surface area (Å²) in [7, 11) is 0. The smallest absolute Gasteiger partial charge is 0.252 e. The molecule has 0 saturated heterocycles. The van der Waals surface area contributed by atoms with Gasteiger partial charge in [-0.25, -0.2) is 9.67 Å². The number of Topliss-reactive ketones (excluding diaryl/α,β-unsaturated/α-hetero) is 1. The molecule has 0 aliphatic heterocycles. The molecule has 0 aliphatic carbocycles. The van der Waals surface area contributed by atoms with Crippen molar-refractivity contribution in [2.45, 2.75) is 40.2 Å². The lowest BCUT2D eigenvalue weighted by atomic mass is 10.0. The van der Waals surface area contributed by atoms with E-state index >= 15 is 0 Å². The van der Waals surface area contributed by atoms with Crippen LogP contribution in [0.5, 0.6) is 0 Å². The molecular weight excluding hydrogens is 326 g/mol. The van der Waals surface area contributed by atoms with Gasteiger partial charge in [-0.3, -0.25) is 4.79 Å². The Morgan fingerprint density at radius 1 is 1.23 bits per heavy atom. The minimum absolute atomic E-state index is 0.0578. The molecule has 0 N–H and O–H groups in total. The third-order valence-electron chi connectivity index (χ3n) is 4.49. The van der Waals surface area contributed by atoms with E-state index in [4.69, 9.17) is 5.26 Å². The molecule has 6 nitrogen and oxygen atoms in total. The number of carbonyl (C=O) groups excluding carboxylic acids is 1. The highest BCUT2D eigenvalue weighted by Gasteiger charge is 2.17. The van der Waals surface area contributed by atoms with Crippen LogP contribution in [0.1, 0.15) is 52.9 Å². The first kappa shape index (κ1) is 17.6. The van der Waals surface area contributed by atoms with Gasteiger partial charge in [0.15, 0.2) is 5.78 Å². The molecule has 0 radical (unpaired) electrons. The molecule has 0 fully saturated rings. The molecule has 26 heavy (non-hydrogen) atoms. The third-order valence-corrected chi connectivity index (χ3v) is 4.49. The summed E-state index contributed by atoms with van der Waals surface area (Å²) < 4.78 is 3.48. The number of aromatic nitrogens is 4. The Balaban J connectivity index is 1.89. The molecule has 0 saturated carbocycles. The summed E-state index contributed by atoms with van der Waals surface area (Å²) in [6, 6.07) is 12.2. The van der Waals surface area contributed by atoms with Crippen LogP contribution in [-0.2, 0) is 6.54 Å². The van der Waals surface area contributed by atoms with Gasteiger partial charge in [0.1, 0.15) is 18.9 Å². The maximum atomic E-state index is 12.7. The molecule has 1 aromatic carbocycles. The van der Waals surface area contributed by atoms with E-state index in [0.717, 1.165) is 17.1 Å². The van der Waals surface area contributed by atoms with E-state index < -0.39 is 0 Å². The molecule has 0 atom stereocenters. The normalized spacial score (nSPS) is 10.9. The third kappa shape index (κ3) is 3.29. The predicted octanol–water partition coefficient (Wildman–Crippen LogP) is 3.56. The first-order valence-corrected chi connectivity index (χ1v) is 8.52. The molecule has 3 aromatic rings. The molecule has 0 unspecified atom stereocenters. The van der Waals surface area contributed by atoms with Gasteiger partial charge in [0.2, 0.25) is 0 Å². The van der Waals surface area contributed by atoms with Crippen LogP contribution >= 0.6 is 0 Å². The van der Waals surface area contributed by atoms with Crippen LogP contribution < -0.4 is 0 Å². The van der Waals surface area contributed by atoms with Gasteiger partial charge in [-0.2, -0.15) is 5.26 Å². The summed E-state index contributed by atoms with van der Waals surface area (Å²) in [5, 5.41) is 12.7. The number of rotatable bonds is 5. The standard InChI is InChI=1S/C20H21N5O/c1-13(2)16-5-7-17(8-6-16)25-14(3)9-18(15(25)4)19(26)11-24-12-22-20(10-21)23-24/h5-9,12-13H,11H2,1-4H3. The Morgan fingerprint density at radius 2 is 1.92 bits per heavy atom. The second-order valence-corrected chi connectivity index (χ2v) is 6.67. The van der Waals surface area contributed by atoms with Crippen molar-refractivity contribution in [3.63, 3.8) is 0 Å². The molecule has 2 aromatic heterocycles. The summed E-state index contributed by atoms with van der Waals surface area (Å²) in [6.07, 6.45) is 1.40. The van der Waals surface area contributed by atoms with Gasteiger partial charge in [-0.05, 0) is 43.5 Å². The van der Waals surface area contributed by atoms with Crippen molar-refractivity contribution in [1.29, 1.82) is 5.26 Å². The maximum Gasteiger partial charge on any atom is 0.252 e. The number of hydrogen-bond donors (Lipinski definition) is 0. The van der Waals surface area contributed by atoms with E-state index in [2.05, 4.69) is 52.8 Å². The van der Waals surface area contributed by atoms with Gasteiger partial charge in [0, 0.05) is 22.6 Å². The van der Waals surface area contributed by atoms with E-state index in [0.29, 0.717) is 11.5 Å². The van der Waals surface area contributed by atoms with Gasteiger partial charge in [-0.1, -0.05) is 26.0 Å². The zero-order valence-corrected chi connectivity index (χ0v) is 15.4. The zero-order valence-electron chi connectivity index (χ0n) is 15.4. The number of ketones is 1. The predicted molar refractivity (Wildman–Crippen MR) is 98.4 cm³/mol. The molecule has 132 valence electrons. The molecule has 0 spiro atoms. The summed E-state index contributed by atoms with van der Waals surface area (Å²) in [5.74, 6) is 0.486. The lowest BCUT2D eigenvalue weighted by Gasteiger charge is -2.12. The fourth-order valence-electron chi connectivity index (χ4n) is 3.11. The monoisotopic (exact) mass is 347 g/mol. The first-order valence-electron chi connectivity index (χ1n) is 8.52. The topological polar surface area (TPSA) is 76.5 Å². The second kappa shape index (κ2) is 6.96. The average Bonchev–Trinajstić information content (AvgIpc) is 3.19. The van der Waals surface area contributed by atoms with E-state index in [1.807, 2.05) is 26.0 Å². The van der Waals surface area contributed by atoms with Crippen molar-refractivity contribution in [2.24, 2.45) is 0 Å². The number of nitriles is 1. The SMILES string of the molecule is Cc1cc(C(=O)Cn2cnc(C#N)n2)c(C)n1-c1ccc(C(C)C)cc1. The quantitative estimate of drug-likeness (QED) is 0.661. The van der Waals surface area contributed by atoms with E-state index in [-0.39, 0.29) is 18.2 Å². The first-order chi connectivity index (χ1) is 12.4. The van der Waals surface area contributed by atoms with Gasteiger partial charge in [0.05, 0.1) is 0 Å². The van der Waals surface area contributed by atoms with Crippen LogP contribution in [0.2, 0.25) is 0 Å². The Bertz CT molecular complexity index is 986. The molecular formula is C20H21N5O. The highest BCUT2D eigenvalue weighted by atomic mass is 16.1. The number of benzene rings is 1. The molecule has 3 rings (SSSR count). The van der Waals surface area contributed by atoms with Crippen LogP contribution in [-0.4, -0.2) is 25.1 Å². The van der Waals surface area contributed by atoms with Crippen molar-refractivity contribution in [3.8, 4) is 11.8 Å². The summed E-state index contributed by atoms with van der Waals surface area (Å²) in [6.45, 7) is 8.33. The van der Waals surface area contributed by atoms with Crippen LogP contribution in [0.15, 0.2) is 36.7 Å². The largest absolute Gasteiger partial charge is 0.318 e. The fraction of sp³-hybridized carbons (Fsp3) is 0.300. The fourth-order valence-corrected chi connectivity index (χ4v) is 3.11. The van der Waals surface area contributed by atoms with Gasteiger partial charge in [0.25, 0.3) is 5.82 Å². The summed E-state index contributed by atoms with van der Waals surface area (Å²) in [5.41, 5.74) is 4.87. The molecule has 0 bridgehead atoms. The van der Waals surface area contributed by atoms with E-state index in [1.54, 1.807) is 0 Å². The van der Waals surface area contributed by atoms with Crippen LogP contribution in [0.25, 0.3) is 5.69 Å². The van der Waals surface area contributed by atoms with Gasteiger partial charge >= 0.3 is 0 Å². The van der Waals surface area contributed by atoms with Crippen molar-refractivity contribution in [2.75, 3.05) is 0 Å². The van der Waals surface area contributed by atoms with Gasteiger partial charge < -0.3 is 4.57 Å². The van der Waals surface area contributed by atoms with Crippen LogP contribution in [0.3, 0.4) is 0 Å². The minimum atomic E-state index is -0.0578. The van der Waals surface area contributed by atoms with Crippen molar-refractivity contribution >= 4 is 5.78 Å². The number of carbonyl (C=O) groups is 1. The molecule has 6 heteroatoms. The van der Waals surface area contributed by atoms with Crippen LogP contribution in [0.4, 0.5) is 0 Å². The Kier molecular flexibility index (Phi) is 4.72. The Labute approximate surface area is 152 Å². The van der Waals surface area contributed by atoms with Crippen LogP contribution in [0, 0.1) is 25.2 Å². The number of hydrogen-bond acceptors (Lipinski definition) is 4. The second-order valence-electron chi connectivity index (χ2n) is 6.67. The number of nitrogens with zero attached hydrogens (tertiary/aromatic N) is 5.